The molecule has 39 heavy (non-hydrogen) atoms. The zero-order valence-corrected chi connectivity index (χ0v) is 21.0. The maximum absolute atomic E-state index is 13.3. The SMILES string of the molecule is CC1Cc2cc(S(=O)(=O)NCCOc3ccc4nnc(-c5ccc(F)cc5)n4n3)ccc2N1C(=O)C(F)(F)F. The van der Waals surface area contributed by atoms with E-state index in [0.29, 0.717) is 27.5 Å². The van der Waals surface area contributed by atoms with Crippen molar-refractivity contribution in [3.8, 4) is 17.3 Å². The summed E-state index contributed by atoms with van der Waals surface area (Å²) in [5.41, 5.74) is 1.35. The highest BCUT2D eigenvalue weighted by atomic mass is 32.2. The predicted molar refractivity (Wildman–Crippen MR) is 130 cm³/mol. The van der Waals surface area contributed by atoms with E-state index in [4.69, 9.17) is 4.74 Å². The minimum atomic E-state index is -5.04. The van der Waals surface area contributed by atoms with Gasteiger partial charge in [-0.1, -0.05) is 0 Å². The second-order valence-corrected chi connectivity index (χ2v) is 10.5. The standard InChI is InChI=1S/C24H20F4N6O4S/c1-14-12-16-13-18(6-7-19(16)33(14)23(35)24(26,27)28)39(36,37)29-10-11-38-21-9-8-20-30-31-22(34(20)32-21)15-2-4-17(25)5-3-15/h2-9,13-14,29H,10-12H2,1H3. The van der Waals surface area contributed by atoms with Gasteiger partial charge in [-0.25, -0.2) is 17.5 Å². The summed E-state index contributed by atoms with van der Waals surface area (Å²) in [6.07, 6.45) is -4.96. The molecule has 15 heteroatoms. The number of carbonyl (C=O) groups is 1. The zero-order chi connectivity index (χ0) is 27.9. The predicted octanol–water partition coefficient (Wildman–Crippen LogP) is 3.13. The molecule has 0 saturated heterocycles. The molecule has 0 fully saturated rings. The van der Waals surface area contributed by atoms with Crippen LogP contribution in [0.5, 0.6) is 5.88 Å². The summed E-state index contributed by atoms with van der Waals surface area (Å²) in [6, 6.07) is 11.6. The van der Waals surface area contributed by atoms with Crippen molar-refractivity contribution in [3.63, 3.8) is 0 Å². The lowest BCUT2D eigenvalue weighted by atomic mass is 10.1. The highest BCUT2D eigenvalue weighted by Gasteiger charge is 2.47. The number of hydrogen-bond acceptors (Lipinski definition) is 7. The number of alkyl halides is 3. The Hall–Kier alpha value is -4.11. The molecule has 1 aliphatic rings. The highest BCUT2D eigenvalue weighted by Crippen LogP contribution is 2.36. The Bertz CT molecular complexity index is 1660. The first-order valence-corrected chi connectivity index (χ1v) is 13.1. The lowest BCUT2D eigenvalue weighted by Gasteiger charge is -2.23. The maximum Gasteiger partial charge on any atom is 0.471 e. The third-order valence-corrected chi connectivity index (χ3v) is 7.48. The number of anilines is 1. The molecule has 0 aliphatic carbocycles. The lowest BCUT2D eigenvalue weighted by molar-refractivity contribution is -0.170. The largest absolute Gasteiger partial charge is 0.475 e. The van der Waals surface area contributed by atoms with Crippen molar-refractivity contribution in [2.45, 2.75) is 30.5 Å². The van der Waals surface area contributed by atoms with Gasteiger partial charge in [0.25, 0.3) is 0 Å². The molecule has 1 atom stereocenters. The summed E-state index contributed by atoms with van der Waals surface area (Å²) in [5, 5.41) is 12.4. The van der Waals surface area contributed by atoms with Crippen LogP contribution in [0.2, 0.25) is 0 Å². The van der Waals surface area contributed by atoms with Crippen molar-refractivity contribution in [1.82, 2.24) is 24.5 Å². The third-order valence-electron chi connectivity index (χ3n) is 6.02. The van der Waals surface area contributed by atoms with E-state index in [2.05, 4.69) is 20.0 Å². The topological polar surface area (TPSA) is 119 Å². The Morgan fingerprint density at radius 2 is 1.85 bits per heavy atom. The van der Waals surface area contributed by atoms with E-state index >= 15 is 0 Å². The van der Waals surface area contributed by atoms with Crippen molar-refractivity contribution in [1.29, 1.82) is 0 Å². The van der Waals surface area contributed by atoms with E-state index in [1.807, 2.05) is 0 Å². The fourth-order valence-corrected chi connectivity index (χ4v) is 5.33. The van der Waals surface area contributed by atoms with Gasteiger partial charge in [-0.15, -0.1) is 15.3 Å². The number of carbonyl (C=O) groups excluding carboxylic acids is 1. The van der Waals surface area contributed by atoms with Crippen LogP contribution in [-0.4, -0.2) is 59.5 Å². The van der Waals surface area contributed by atoms with Crippen molar-refractivity contribution in [2.75, 3.05) is 18.1 Å². The minimum absolute atomic E-state index is 0.0302. The summed E-state index contributed by atoms with van der Waals surface area (Å²) in [5.74, 6) is -1.88. The Kier molecular flexibility index (Phi) is 6.72. The number of benzene rings is 2. The molecule has 0 saturated carbocycles. The average molecular weight is 565 g/mol. The molecule has 5 rings (SSSR count). The first-order valence-electron chi connectivity index (χ1n) is 11.6. The Morgan fingerprint density at radius 3 is 2.56 bits per heavy atom. The van der Waals surface area contributed by atoms with Crippen LogP contribution in [0.1, 0.15) is 12.5 Å². The molecule has 2 aromatic carbocycles. The van der Waals surface area contributed by atoms with Gasteiger partial charge in [0.2, 0.25) is 15.9 Å². The number of ether oxygens (including phenoxy) is 1. The van der Waals surface area contributed by atoms with Crippen LogP contribution in [-0.2, 0) is 21.2 Å². The number of nitrogens with zero attached hydrogens (tertiary/aromatic N) is 5. The number of fused-ring (bicyclic) bond motifs is 2. The highest BCUT2D eigenvalue weighted by molar-refractivity contribution is 7.89. The van der Waals surface area contributed by atoms with Gasteiger partial charge in [0.05, 0.1) is 4.90 Å². The van der Waals surface area contributed by atoms with Crippen LogP contribution in [0.25, 0.3) is 17.0 Å². The van der Waals surface area contributed by atoms with E-state index in [1.165, 1.54) is 53.9 Å². The molecule has 1 aliphatic heterocycles. The second kappa shape index (κ2) is 9.89. The maximum atomic E-state index is 13.3. The van der Waals surface area contributed by atoms with Crippen molar-refractivity contribution >= 4 is 27.3 Å². The molecule has 1 N–H and O–H groups in total. The molecule has 0 radical (unpaired) electrons. The molecule has 1 unspecified atom stereocenters. The van der Waals surface area contributed by atoms with Gasteiger partial charge in [-0.3, -0.25) is 4.79 Å². The van der Waals surface area contributed by atoms with Gasteiger partial charge >= 0.3 is 12.1 Å². The smallest absolute Gasteiger partial charge is 0.471 e. The molecule has 0 bridgehead atoms. The molecule has 1 amide bonds. The summed E-state index contributed by atoms with van der Waals surface area (Å²) >= 11 is 0. The van der Waals surface area contributed by atoms with Crippen LogP contribution >= 0.6 is 0 Å². The molecule has 3 heterocycles. The van der Waals surface area contributed by atoms with Crippen molar-refractivity contribution in [3.05, 3.63) is 66.0 Å². The number of sulfonamides is 1. The first-order chi connectivity index (χ1) is 18.4. The summed E-state index contributed by atoms with van der Waals surface area (Å²) in [7, 11) is -4.02. The Morgan fingerprint density at radius 1 is 1.10 bits per heavy atom. The molecule has 2 aromatic heterocycles. The number of hydrogen-bond donors (Lipinski definition) is 1. The molecular weight excluding hydrogens is 544 g/mol. The fourth-order valence-electron chi connectivity index (χ4n) is 4.26. The monoisotopic (exact) mass is 564 g/mol. The number of aromatic nitrogens is 4. The quantitative estimate of drug-likeness (QED) is 0.271. The zero-order valence-electron chi connectivity index (χ0n) is 20.2. The molecular formula is C24H20F4N6O4S. The van der Waals surface area contributed by atoms with Crippen molar-refractivity contribution in [2.24, 2.45) is 0 Å². The van der Waals surface area contributed by atoms with Crippen molar-refractivity contribution < 1.29 is 35.5 Å². The number of rotatable bonds is 7. The van der Waals surface area contributed by atoms with Crippen LogP contribution in [0.15, 0.2) is 59.5 Å². The van der Waals surface area contributed by atoms with E-state index in [1.54, 1.807) is 6.07 Å². The molecule has 0 spiro atoms. The summed E-state index contributed by atoms with van der Waals surface area (Å²) in [6.45, 7) is 1.23. The van der Waals surface area contributed by atoms with Gasteiger partial charge in [0.15, 0.2) is 11.5 Å². The van der Waals surface area contributed by atoms with Crippen LogP contribution in [0.4, 0.5) is 23.2 Å². The molecule has 204 valence electrons. The van der Waals surface area contributed by atoms with Gasteiger partial charge in [0.1, 0.15) is 12.4 Å². The van der Waals surface area contributed by atoms with Gasteiger partial charge < -0.3 is 9.64 Å². The van der Waals surface area contributed by atoms with Crippen LogP contribution in [0, 0.1) is 5.82 Å². The van der Waals surface area contributed by atoms with Crippen LogP contribution < -0.4 is 14.4 Å². The lowest BCUT2D eigenvalue weighted by Crippen LogP contribution is -2.44. The van der Waals surface area contributed by atoms with E-state index < -0.39 is 34.0 Å². The number of halogens is 4. The molecule has 4 aromatic rings. The summed E-state index contributed by atoms with van der Waals surface area (Å²) < 4.78 is 87.1. The number of amides is 1. The van der Waals surface area contributed by atoms with E-state index in [0.717, 1.165) is 6.07 Å². The average Bonchev–Trinajstić information content (AvgIpc) is 3.45. The fraction of sp³-hybridized carbons (Fsp3) is 0.250. The normalized spacial score (nSPS) is 15.5. The van der Waals surface area contributed by atoms with Gasteiger partial charge in [-0.2, -0.15) is 17.7 Å². The Balaban J connectivity index is 1.24. The minimum Gasteiger partial charge on any atom is -0.475 e. The Labute approximate surface area is 219 Å². The summed E-state index contributed by atoms with van der Waals surface area (Å²) in [4.78, 5) is 12.3. The third kappa shape index (κ3) is 5.27. The van der Waals surface area contributed by atoms with Gasteiger partial charge in [0, 0.05) is 29.9 Å². The molecule has 10 nitrogen and oxygen atoms in total. The van der Waals surface area contributed by atoms with E-state index in [-0.39, 0.29) is 36.0 Å². The van der Waals surface area contributed by atoms with Crippen LogP contribution in [0.3, 0.4) is 0 Å². The van der Waals surface area contributed by atoms with Gasteiger partial charge in [-0.05, 0) is 67.4 Å². The second-order valence-electron chi connectivity index (χ2n) is 8.73. The van der Waals surface area contributed by atoms with E-state index in [9.17, 15) is 30.8 Å². The number of nitrogens with one attached hydrogen (secondary N) is 1. The first kappa shape index (κ1) is 26.5.